The molecule has 0 saturated carbocycles. The van der Waals surface area contributed by atoms with Crippen molar-refractivity contribution < 1.29 is 4.79 Å². The van der Waals surface area contributed by atoms with Gasteiger partial charge in [0.05, 0.1) is 0 Å². The molecule has 0 fully saturated rings. The van der Waals surface area contributed by atoms with Gasteiger partial charge in [0.15, 0.2) is 0 Å². The number of aromatic nitrogens is 1. The average Bonchev–Trinajstić information content (AvgIpc) is 2.91. The molecular weight excluding hydrogens is 246 g/mol. The molecule has 0 saturated heterocycles. The van der Waals surface area contributed by atoms with Gasteiger partial charge in [-0.25, -0.2) is 0 Å². The summed E-state index contributed by atoms with van der Waals surface area (Å²) in [6, 6.07) is 11.6. The maximum absolute atomic E-state index is 12.0. The second-order valence-corrected chi connectivity index (χ2v) is 4.69. The van der Waals surface area contributed by atoms with Gasteiger partial charge < -0.3 is 15.0 Å². The van der Waals surface area contributed by atoms with Crippen molar-refractivity contribution in [1.82, 2.24) is 9.71 Å². The number of carbonyl (C=O) groups excluding carboxylic acids is 1. The molecule has 1 aromatic carbocycles. The zero-order valence-corrected chi connectivity index (χ0v) is 10.3. The summed E-state index contributed by atoms with van der Waals surface area (Å²) in [7, 11) is 0. The van der Waals surface area contributed by atoms with E-state index in [9.17, 15) is 4.79 Å². The number of carbonyl (C=O) groups is 1. The van der Waals surface area contributed by atoms with E-state index in [1.807, 2.05) is 42.5 Å². The van der Waals surface area contributed by atoms with Gasteiger partial charge in [-0.3, -0.25) is 4.79 Å². The van der Waals surface area contributed by atoms with Crippen LogP contribution in [0.4, 0.5) is 5.82 Å². The summed E-state index contributed by atoms with van der Waals surface area (Å²) in [4.78, 5) is 16.1. The molecule has 0 spiro atoms. The average molecular weight is 257 g/mol. The fourth-order valence-corrected chi connectivity index (χ4v) is 2.46. The van der Waals surface area contributed by atoms with Gasteiger partial charge in [0, 0.05) is 11.1 Å². The summed E-state index contributed by atoms with van der Waals surface area (Å²) in [6.07, 6.45) is 3.62. The van der Waals surface area contributed by atoms with E-state index >= 15 is 0 Å². The number of amides is 1. The van der Waals surface area contributed by atoms with E-state index < -0.39 is 0 Å². The minimum absolute atomic E-state index is 0.153. The van der Waals surface area contributed by atoms with Crippen molar-refractivity contribution in [3.63, 3.8) is 0 Å². The summed E-state index contributed by atoms with van der Waals surface area (Å²) in [6.45, 7) is 0. The number of hydrogen-bond acceptors (Lipinski definition) is 3. The zero-order valence-electron chi connectivity index (χ0n) is 9.44. The van der Waals surface area contributed by atoms with Gasteiger partial charge in [0.1, 0.15) is 11.5 Å². The van der Waals surface area contributed by atoms with Crippen LogP contribution in [-0.2, 0) is 4.79 Å². The molecule has 2 heterocycles. The molecule has 3 rings (SSSR count). The predicted molar refractivity (Wildman–Crippen MR) is 72.8 cm³/mol. The first-order valence-corrected chi connectivity index (χ1v) is 6.33. The lowest BCUT2D eigenvalue weighted by atomic mass is 10.2. The molecule has 0 atom stereocenters. The topological polar surface area (TPSA) is 56.9 Å². The van der Waals surface area contributed by atoms with Crippen molar-refractivity contribution in [3.8, 4) is 0 Å². The molecule has 2 aromatic rings. The minimum atomic E-state index is -0.153. The van der Waals surface area contributed by atoms with Gasteiger partial charge >= 0.3 is 0 Å². The fourth-order valence-electron chi connectivity index (χ4n) is 1.70. The normalized spacial score (nSPS) is 13.2. The maximum atomic E-state index is 12.0. The zero-order chi connectivity index (χ0) is 12.4. The number of fused-ring (bicyclic) bond motifs is 1. The number of rotatable bonds is 2. The highest BCUT2D eigenvalue weighted by Crippen LogP contribution is 2.27. The number of nitrogens with one attached hydrogen (secondary N) is 3. The van der Waals surface area contributed by atoms with E-state index in [2.05, 4.69) is 15.0 Å². The molecule has 0 unspecified atom stereocenters. The smallest absolute Gasteiger partial charge is 0.273 e. The SMILES string of the molecule is O=C(Nc1ccc[nH]1)C1=Cc2ccccc2SN1. The molecule has 1 aromatic heterocycles. The number of benzene rings is 1. The quantitative estimate of drug-likeness (QED) is 0.725. The molecule has 1 amide bonds. The Labute approximate surface area is 109 Å². The molecule has 0 aliphatic carbocycles. The van der Waals surface area contributed by atoms with Gasteiger partial charge in [-0.1, -0.05) is 18.2 Å². The Bertz CT molecular complexity index is 604. The second kappa shape index (κ2) is 4.62. The summed E-state index contributed by atoms with van der Waals surface area (Å²) < 4.78 is 3.04. The van der Waals surface area contributed by atoms with E-state index in [-0.39, 0.29) is 5.91 Å². The second-order valence-electron chi connectivity index (χ2n) is 3.84. The van der Waals surface area contributed by atoms with Crippen LogP contribution in [0.3, 0.4) is 0 Å². The molecule has 0 radical (unpaired) electrons. The monoisotopic (exact) mass is 257 g/mol. The van der Waals surface area contributed by atoms with Crippen molar-refractivity contribution in [2.45, 2.75) is 4.90 Å². The van der Waals surface area contributed by atoms with Crippen LogP contribution in [0.1, 0.15) is 5.56 Å². The highest BCUT2D eigenvalue weighted by atomic mass is 32.2. The number of anilines is 1. The Kier molecular flexibility index (Phi) is 2.82. The number of hydrogen-bond donors (Lipinski definition) is 3. The molecule has 0 bridgehead atoms. The van der Waals surface area contributed by atoms with Gasteiger partial charge in [-0.2, -0.15) is 0 Å². The summed E-state index contributed by atoms with van der Waals surface area (Å²) in [5, 5.41) is 2.78. The van der Waals surface area contributed by atoms with E-state index in [1.165, 1.54) is 11.9 Å². The van der Waals surface area contributed by atoms with Crippen molar-refractivity contribution >= 4 is 29.7 Å². The molecular formula is C13H11N3OS. The first-order chi connectivity index (χ1) is 8.83. The largest absolute Gasteiger partial charge is 0.348 e. The lowest BCUT2D eigenvalue weighted by Gasteiger charge is -2.16. The van der Waals surface area contributed by atoms with Gasteiger partial charge in [0.2, 0.25) is 0 Å². The standard InChI is InChI=1S/C13H11N3OS/c17-13(15-12-6-3-7-14-12)10-8-9-4-1-2-5-11(9)18-16-10/h1-8,14,16H,(H,15,17). The third-order valence-electron chi connectivity index (χ3n) is 2.58. The van der Waals surface area contributed by atoms with Crippen LogP contribution in [-0.4, -0.2) is 10.9 Å². The van der Waals surface area contributed by atoms with Crippen molar-refractivity contribution in [3.05, 3.63) is 53.9 Å². The Morgan fingerprint density at radius 1 is 1.17 bits per heavy atom. The Hall–Kier alpha value is -2.14. The summed E-state index contributed by atoms with van der Waals surface area (Å²) >= 11 is 1.45. The summed E-state index contributed by atoms with van der Waals surface area (Å²) in [5.74, 6) is 0.533. The first kappa shape index (κ1) is 11.0. The first-order valence-electron chi connectivity index (χ1n) is 5.51. The third kappa shape index (κ3) is 2.12. The number of aromatic amines is 1. The van der Waals surface area contributed by atoms with Gasteiger partial charge in [-0.05, 0) is 41.8 Å². The molecule has 18 heavy (non-hydrogen) atoms. The van der Waals surface area contributed by atoms with Crippen LogP contribution in [0, 0.1) is 0 Å². The molecule has 1 aliphatic rings. The van der Waals surface area contributed by atoms with Gasteiger partial charge in [0.25, 0.3) is 5.91 Å². The highest BCUT2D eigenvalue weighted by molar-refractivity contribution is 7.97. The van der Waals surface area contributed by atoms with Gasteiger partial charge in [-0.15, -0.1) is 0 Å². The molecule has 5 heteroatoms. The molecule has 4 nitrogen and oxygen atoms in total. The van der Waals surface area contributed by atoms with Crippen LogP contribution < -0.4 is 10.0 Å². The maximum Gasteiger partial charge on any atom is 0.273 e. The van der Waals surface area contributed by atoms with Crippen molar-refractivity contribution in [2.24, 2.45) is 0 Å². The third-order valence-corrected chi connectivity index (χ3v) is 3.49. The fraction of sp³-hybridized carbons (Fsp3) is 0. The van der Waals surface area contributed by atoms with E-state index in [0.29, 0.717) is 11.5 Å². The van der Waals surface area contributed by atoms with Crippen LogP contribution in [0.15, 0.2) is 53.2 Å². The highest BCUT2D eigenvalue weighted by Gasteiger charge is 2.16. The van der Waals surface area contributed by atoms with Crippen LogP contribution in [0.5, 0.6) is 0 Å². The molecule has 3 N–H and O–H groups in total. The Balaban J connectivity index is 1.82. The van der Waals surface area contributed by atoms with Crippen LogP contribution in [0.2, 0.25) is 0 Å². The van der Waals surface area contributed by atoms with Crippen molar-refractivity contribution in [2.75, 3.05) is 5.32 Å². The lowest BCUT2D eigenvalue weighted by molar-refractivity contribution is -0.113. The van der Waals surface area contributed by atoms with Crippen LogP contribution in [0.25, 0.3) is 6.08 Å². The Morgan fingerprint density at radius 2 is 2.06 bits per heavy atom. The van der Waals surface area contributed by atoms with E-state index in [0.717, 1.165) is 10.5 Å². The van der Waals surface area contributed by atoms with E-state index in [1.54, 1.807) is 6.20 Å². The molecule has 90 valence electrons. The minimum Gasteiger partial charge on any atom is -0.348 e. The van der Waals surface area contributed by atoms with Crippen LogP contribution >= 0.6 is 11.9 Å². The molecule has 1 aliphatic heterocycles. The van der Waals surface area contributed by atoms with E-state index in [4.69, 9.17) is 0 Å². The predicted octanol–water partition coefficient (Wildman–Crippen LogP) is 2.60. The summed E-state index contributed by atoms with van der Waals surface area (Å²) in [5.41, 5.74) is 1.60. The Morgan fingerprint density at radius 3 is 2.89 bits per heavy atom. The van der Waals surface area contributed by atoms with Crippen molar-refractivity contribution in [1.29, 1.82) is 0 Å². The lowest BCUT2D eigenvalue weighted by Crippen LogP contribution is -2.23. The number of H-pyrrole nitrogens is 1.